The summed E-state index contributed by atoms with van der Waals surface area (Å²) in [6.07, 6.45) is 1.32. The molecule has 33 heavy (non-hydrogen) atoms. The highest BCUT2D eigenvalue weighted by atomic mass is 16.5. The van der Waals surface area contributed by atoms with Crippen molar-refractivity contribution in [3.63, 3.8) is 0 Å². The number of hydrogen-bond donors (Lipinski definition) is 6. The van der Waals surface area contributed by atoms with Crippen molar-refractivity contribution in [2.45, 2.75) is 44.5 Å². The van der Waals surface area contributed by atoms with Crippen LogP contribution in [0.25, 0.3) is 0 Å². The van der Waals surface area contributed by atoms with Gasteiger partial charge in [0.2, 0.25) is 0 Å². The number of nitrogens with one attached hydrogen (secondary N) is 4. The summed E-state index contributed by atoms with van der Waals surface area (Å²) in [5, 5.41) is 27.7. The highest BCUT2D eigenvalue weighted by Crippen LogP contribution is 2.08. The Morgan fingerprint density at radius 1 is 1.09 bits per heavy atom. The number of aliphatic hydroxyl groups excluding tert-OH is 1. The number of carbonyl (C=O) groups excluding carboxylic acids is 2. The molecule has 0 spiro atoms. The molecule has 1 aliphatic rings. The van der Waals surface area contributed by atoms with Crippen LogP contribution >= 0.6 is 0 Å². The Kier molecular flexibility index (Phi) is 8.98. The van der Waals surface area contributed by atoms with Gasteiger partial charge in [-0.25, -0.2) is 5.48 Å². The summed E-state index contributed by atoms with van der Waals surface area (Å²) in [5.41, 5.74) is 4.58. The normalized spacial score (nSPS) is 16.9. The minimum atomic E-state index is -1.26. The number of hydroxylamine groups is 1. The molecule has 6 N–H and O–H groups in total. The third kappa shape index (κ3) is 7.41. The molecule has 8 nitrogen and oxygen atoms in total. The molecule has 1 saturated heterocycles. The zero-order valence-corrected chi connectivity index (χ0v) is 18.6. The first-order valence-corrected chi connectivity index (χ1v) is 11.0. The first-order chi connectivity index (χ1) is 16.0. The van der Waals surface area contributed by atoms with Gasteiger partial charge in [-0.2, -0.15) is 0 Å². The molecule has 0 unspecified atom stereocenters. The predicted molar refractivity (Wildman–Crippen MR) is 124 cm³/mol. The van der Waals surface area contributed by atoms with Gasteiger partial charge in [0.25, 0.3) is 11.8 Å². The summed E-state index contributed by atoms with van der Waals surface area (Å²) >= 11 is 0. The van der Waals surface area contributed by atoms with Crippen molar-refractivity contribution in [1.82, 2.24) is 21.4 Å². The summed E-state index contributed by atoms with van der Waals surface area (Å²) in [6, 6.07) is 14.0. The molecule has 8 heteroatoms. The Morgan fingerprint density at radius 3 is 2.27 bits per heavy atom. The number of carbonyl (C=O) groups is 2. The molecular weight excluding hydrogens is 420 g/mol. The molecule has 3 atom stereocenters. The van der Waals surface area contributed by atoms with Crippen LogP contribution in [0.3, 0.4) is 0 Å². The number of amides is 2. The summed E-state index contributed by atoms with van der Waals surface area (Å²) in [6.45, 7) is 4.26. The van der Waals surface area contributed by atoms with Gasteiger partial charge in [-0.15, -0.1) is 0 Å². The van der Waals surface area contributed by atoms with E-state index in [1.54, 1.807) is 24.3 Å². The van der Waals surface area contributed by atoms with Crippen LogP contribution < -0.4 is 21.4 Å². The second-order valence-corrected chi connectivity index (χ2v) is 8.12. The number of rotatable bonds is 8. The van der Waals surface area contributed by atoms with Crippen LogP contribution in [-0.2, 0) is 11.3 Å². The van der Waals surface area contributed by atoms with Gasteiger partial charge in [-0.1, -0.05) is 24.0 Å². The van der Waals surface area contributed by atoms with Crippen molar-refractivity contribution in [3.8, 4) is 11.8 Å². The lowest BCUT2D eigenvalue weighted by Gasteiger charge is -2.19. The van der Waals surface area contributed by atoms with Crippen LogP contribution in [0.4, 0.5) is 0 Å². The van der Waals surface area contributed by atoms with Crippen LogP contribution in [0.1, 0.15) is 46.8 Å². The molecule has 0 radical (unpaired) electrons. The maximum absolute atomic E-state index is 12.3. The van der Waals surface area contributed by atoms with Crippen molar-refractivity contribution in [3.05, 3.63) is 70.8 Å². The van der Waals surface area contributed by atoms with E-state index < -0.39 is 24.0 Å². The maximum atomic E-state index is 12.3. The summed E-state index contributed by atoms with van der Waals surface area (Å²) in [4.78, 5) is 23.9. The van der Waals surface area contributed by atoms with Gasteiger partial charge in [0.15, 0.2) is 0 Å². The van der Waals surface area contributed by atoms with Crippen LogP contribution in [0.15, 0.2) is 48.5 Å². The van der Waals surface area contributed by atoms with Gasteiger partial charge in [0.05, 0.1) is 6.10 Å². The second kappa shape index (κ2) is 12.1. The van der Waals surface area contributed by atoms with Crippen molar-refractivity contribution >= 4 is 11.8 Å². The molecule has 0 bridgehead atoms. The Labute approximate surface area is 193 Å². The monoisotopic (exact) mass is 450 g/mol. The van der Waals surface area contributed by atoms with E-state index in [4.69, 9.17) is 5.21 Å². The maximum Gasteiger partial charge on any atom is 0.268 e. The van der Waals surface area contributed by atoms with Crippen LogP contribution in [0, 0.1) is 11.8 Å². The van der Waals surface area contributed by atoms with Crippen molar-refractivity contribution in [2.75, 3.05) is 13.1 Å². The largest absolute Gasteiger partial charge is 0.391 e. The Balaban J connectivity index is 1.53. The van der Waals surface area contributed by atoms with Gasteiger partial charge in [0, 0.05) is 35.8 Å². The lowest BCUT2D eigenvalue weighted by molar-refractivity contribution is -0.133. The van der Waals surface area contributed by atoms with Crippen molar-refractivity contribution in [2.24, 2.45) is 0 Å². The average molecular weight is 451 g/mol. The third-order valence-electron chi connectivity index (χ3n) is 5.50. The molecule has 0 saturated carbocycles. The molecule has 1 fully saturated rings. The highest BCUT2D eigenvalue weighted by molar-refractivity contribution is 5.97. The molecule has 0 aliphatic carbocycles. The average Bonchev–Trinajstić information content (AvgIpc) is 3.35. The first kappa shape index (κ1) is 24.4. The molecule has 0 aromatic heterocycles. The molecular formula is C25H30N4O4. The molecule has 2 aromatic carbocycles. The van der Waals surface area contributed by atoms with E-state index in [1.165, 1.54) is 30.8 Å². The lowest BCUT2D eigenvalue weighted by atomic mass is 10.1. The first-order valence-electron chi connectivity index (χ1n) is 11.0. The molecule has 1 aliphatic heterocycles. The molecule has 1 heterocycles. The van der Waals surface area contributed by atoms with Crippen LogP contribution in [-0.4, -0.2) is 53.4 Å². The second-order valence-electron chi connectivity index (χ2n) is 8.12. The summed E-state index contributed by atoms with van der Waals surface area (Å²) in [7, 11) is 0. The summed E-state index contributed by atoms with van der Waals surface area (Å²) in [5.74, 6) is 4.74. The number of hydrogen-bond acceptors (Lipinski definition) is 6. The van der Waals surface area contributed by atoms with E-state index in [0.717, 1.165) is 30.8 Å². The quantitative estimate of drug-likeness (QED) is 0.202. The minimum absolute atomic E-state index is 0.307. The zero-order valence-electron chi connectivity index (χ0n) is 18.6. The van der Waals surface area contributed by atoms with Gasteiger partial charge in [-0.3, -0.25) is 14.8 Å². The molecule has 2 amide bonds. The van der Waals surface area contributed by atoms with E-state index in [1.807, 2.05) is 12.1 Å². The molecule has 3 rings (SSSR count). The topological polar surface area (TPSA) is 123 Å². The van der Waals surface area contributed by atoms with Crippen molar-refractivity contribution < 1.29 is 19.9 Å². The summed E-state index contributed by atoms with van der Waals surface area (Å²) < 4.78 is 0. The fourth-order valence-electron chi connectivity index (χ4n) is 3.58. The number of benzene rings is 2. The van der Waals surface area contributed by atoms with Crippen LogP contribution in [0.5, 0.6) is 0 Å². The SMILES string of the molecule is C[C@@H](O)[C@H](NC(=O)c1ccc(C#Cc2ccc(CNC[C@H]3CCCN3)cc2)cc1)C(=O)NO. The van der Waals surface area contributed by atoms with E-state index in [9.17, 15) is 14.7 Å². The molecule has 2 aromatic rings. The Hall–Kier alpha value is -3.22. The fourth-order valence-corrected chi connectivity index (χ4v) is 3.58. The Bertz CT molecular complexity index is 988. The van der Waals surface area contributed by atoms with Gasteiger partial charge < -0.3 is 21.1 Å². The number of aliphatic hydroxyl groups is 1. The van der Waals surface area contributed by atoms with E-state index >= 15 is 0 Å². The van der Waals surface area contributed by atoms with Gasteiger partial charge in [-0.05, 0) is 68.3 Å². The smallest absolute Gasteiger partial charge is 0.268 e. The van der Waals surface area contributed by atoms with E-state index in [0.29, 0.717) is 11.6 Å². The predicted octanol–water partition coefficient (Wildman–Crippen LogP) is 0.913. The Morgan fingerprint density at radius 2 is 1.73 bits per heavy atom. The zero-order chi connectivity index (χ0) is 23.6. The third-order valence-corrected chi connectivity index (χ3v) is 5.50. The van der Waals surface area contributed by atoms with Gasteiger partial charge in [0.1, 0.15) is 6.04 Å². The highest BCUT2D eigenvalue weighted by Gasteiger charge is 2.25. The minimum Gasteiger partial charge on any atom is -0.391 e. The standard InChI is InChI=1S/C25H30N4O4/c1-17(30)23(25(32)29-33)28-24(31)21-12-10-19(11-13-21)5-4-18-6-8-20(9-7-18)15-26-16-22-3-2-14-27-22/h6-13,17,22-23,26-27,30,33H,2-3,14-16H2,1H3,(H,28,31)(H,29,32)/t17-,22-,23+/m1/s1. The van der Waals surface area contributed by atoms with Crippen molar-refractivity contribution in [1.29, 1.82) is 0 Å². The van der Waals surface area contributed by atoms with Crippen LogP contribution in [0.2, 0.25) is 0 Å². The molecule has 174 valence electrons. The van der Waals surface area contributed by atoms with Gasteiger partial charge >= 0.3 is 0 Å². The lowest BCUT2D eigenvalue weighted by Crippen LogP contribution is -2.51. The van der Waals surface area contributed by atoms with E-state index in [-0.39, 0.29) is 0 Å². The van der Waals surface area contributed by atoms with E-state index in [2.05, 4.69) is 39.9 Å². The fraction of sp³-hybridized carbons (Fsp3) is 0.360.